The van der Waals surface area contributed by atoms with E-state index in [0.717, 1.165) is 12.1 Å². The smallest absolute Gasteiger partial charge is 0.288 e. The third kappa shape index (κ3) is 3.68. The minimum absolute atomic E-state index is 0.125. The SMILES string of the molecule is CC(C)(C)N1C=CS(=NS(=O)(=O)c2ccc(F)c(F)c2)C1. The topological polar surface area (TPSA) is 49.7 Å². The quantitative estimate of drug-likeness (QED) is 0.835. The highest BCUT2D eigenvalue weighted by atomic mass is 32.3. The Morgan fingerprint density at radius 1 is 1.24 bits per heavy atom. The summed E-state index contributed by atoms with van der Waals surface area (Å²) < 4.78 is 54.0. The second kappa shape index (κ2) is 5.49. The molecule has 1 aliphatic heterocycles. The summed E-state index contributed by atoms with van der Waals surface area (Å²) in [5.74, 6) is -1.82. The van der Waals surface area contributed by atoms with Gasteiger partial charge in [0.25, 0.3) is 10.0 Å². The van der Waals surface area contributed by atoms with Crippen LogP contribution in [0.25, 0.3) is 0 Å². The van der Waals surface area contributed by atoms with Crippen molar-refractivity contribution in [3.05, 3.63) is 41.4 Å². The predicted octanol–water partition coefficient (Wildman–Crippen LogP) is 3.00. The van der Waals surface area contributed by atoms with Crippen molar-refractivity contribution in [1.29, 1.82) is 0 Å². The number of halogens is 2. The molecule has 2 rings (SSSR count). The maximum absolute atomic E-state index is 13.1. The second-order valence-electron chi connectivity index (χ2n) is 5.58. The molecular weight excluding hydrogens is 318 g/mol. The van der Waals surface area contributed by atoms with Crippen molar-refractivity contribution >= 4 is 20.7 Å². The molecule has 0 aromatic heterocycles. The minimum Gasteiger partial charge on any atom is -0.362 e. The van der Waals surface area contributed by atoms with Gasteiger partial charge in [-0.1, -0.05) is 0 Å². The van der Waals surface area contributed by atoms with Gasteiger partial charge in [-0.05, 0) is 49.7 Å². The summed E-state index contributed by atoms with van der Waals surface area (Å²) in [6.45, 7) is 6.02. The van der Waals surface area contributed by atoms with Gasteiger partial charge in [-0.2, -0.15) is 8.42 Å². The molecule has 1 aromatic rings. The number of hydrogen-bond acceptors (Lipinski definition) is 3. The first-order valence-corrected chi connectivity index (χ1v) is 9.03. The fourth-order valence-electron chi connectivity index (χ4n) is 1.64. The van der Waals surface area contributed by atoms with E-state index >= 15 is 0 Å². The Morgan fingerprint density at radius 2 is 1.90 bits per heavy atom. The van der Waals surface area contributed by atoms with E-state index in [1.165, 1.54) is 0 Å². The first-order chi connectivity index (χ1) is 9.59. The van der Waals surface area contributed by atoms with Gasteiger partial charge in [-0.25, -0.2) is 8.78 Å². The second-order valence-corrected chi connectivity index (χ2v) is 8.93. The average molecular weight is 334 g/mol. The van der Waals surface area contributed by atoms with Crippen LogP contribution in [0.15, 0.2) is 38.5 Å². The van der Waals surface area contributed by atoms with Crippen LogP contribution in [0.4, 0.5) is 8.78 Å². The maximum atomic E-state index is 13.1. The van der Waals surface area contributed by atoms with Crippen LogP contribution >= 0.6 is 0 Å². The number of nitrogens with zero attached hydrogens (tertiary/aromatic N) is 2. The largest absolute Gasteiger partial charge is 0.362 e. The predicted molar refractivity (Wildman–Crippen MR) is 78.9 cm³/mol. The van der Waals surface area contributed by atoms with Gasteiger partial charge in [0.05, 0.1) is 10.8 Å². The van der Waals surface area contributed by atoms with Crippen LogP contribution in [-0.4, -0.2) is 24.7 Å². The molecule has 0 amide bonds. The molecule has 1 heterocycles. The van der Waals surface area contributed by atoms with E-state index in [0.29, 0.717) is 11.9 Å². The molecule has 0 saturated heterocycles. The first kappa shape index (κ1) is 16.1. The fraction of sp³-hybridized carbons (Fsp3) is 0.385. The van der Waals surface area contributed by atoms with Gasteiger partial charge in [0.2, 0.25) is 0 Å². The normalized spacial score (nSPS) is 19.5. The van der Waals surface area contributed by atoms with Gasteiger partial charge >= 0.3 is 0 Å². The molecule has 4 nitrogen and oxygen atoms in total. The maximum Gasteiger partial charge on any atom is 0.288 e. The van der Waals surface area contributed by atoms with Gasteiger partial charge in [-0.15, -0.1) is 3.77 Å². The van der Waals surface area contributed by atoms with Gasteiger partial charge in [-0.3, -0.25) is 0 Å². The molecule has 0 fully saturated rings. The summed E-state index contributed by atoms with van der Waals surface area (Å²) in [6, 6.07) is 2.45. The molecule has 8 heteroatoms. The third-order valence-electron chi connectivity index (χ3n) is 2.91. The molecule has 1 aliphatic rings. The zero-order valence-corrected chi connectivity index (χ0v) is 13.5. The van der Waals surface area contributed by atoms with E-state index in [2.05, 4.69) is 3.77 Å². The standard InChI is InChI=1S/C13H16F2N2O2S2/c1-13(2,3)17-6-7-20(9-17)16-21(18,19)10-4-5-11(14)12(15)8-10/h4-8H,9H2,1-3H3. The van der Waals surface area contributed by atoms with Crippen LogP contribution in [0, 0.1) is 11.6 Å². The number of rotatable bonds is 2. The molecule has 0 bridgehead atoms. The van der Waals surface area contributed by atoms with Crippen LogP contribution in [-0.2, 0) is 20.7 Å². The summed E-state index contributed by atoms with van der Waals surface area (Å²) in [7, 11) is -4.82. The number of benzene rings is 1. The summed E-state index contributed by atoms with van der Waals surface area (Å²) >= 11 is 0. The first-order valence-electron chi connectivity index (χ1n) is 6.17. The summed E-state index contributed by atoms with van der Waals surface area (Å²) in [6.07, 6.45) is 1.81. The van der Waals surface area contributed by atoms with Crippen molar-refractivity contribution in [2.75, 3.05) is 5.88 Å². The van der Waals surface area contributed by atoms with Gasteiger partial charge in [0, 0.05) is 17.1 Å². The highest BCUT2D eigenvalue weighted by Crippen LogP contribution is 2.23. The van der Waals surface area contributed by atoms with E-state index in [-0.39, 0.29) is 10.4 Å². The Morgan fingerprint density at radius 3 is 2.43 bits per heavy atom. The van der Waals surface area contributed by atoms with E-state index in [9.17, 15) is 17.2 Å². The van der Waals surface area contributed by atoms with Crippen molar-refractivity contribution < 1.29 is 17.2 Å². The van der Waals surface area contributed by atoms with Crippen LogP contribution in [0.1, 0.15) is 20.8 Å². The molecule has 0 spiro atoms. The molecule has 0 radical (unpaired) electrons. The van der Waals surface area contributed by atoms with Crippen molar-refractivity contribution in [2.45, 2.75) is 31.2 Å². The lowest BCUT2D eigenvalue weighted by molar-refractivity contribution is 0.243. The van der Waals surface area contributed by atoms with E-state index in [1.54, 1.807) is 5.41 Å². The monoisotopic (exact) mass is 334 g/mol. The fourth-order valence-corrected chi connectivity index (χ4v) is 5.01. The van der Waals surface area contributed by atoms with E-state index in [1.807, 2.05) is 31.9 Å². The summed E-state index contributed by atoms with van der Waals surface area (Å²) in [5, 5.41) is 1.71. The molecule has 1 aromatic carbocycles. The molecular formula is C13H16F2N2O2S2. The van der Waals surface area contributed by atoms with Crippen LogP contribution < -0.4 is 0 Å². The zero-order chi connectivity index (χ0) is 15.8. The van der Waals surface area contributed by atoms with Crippen LogP contribution in [0.3, 0.4) is 0 Å². The molecule has 0 aliphatic carbocycles. The Balaban J connectivity index is 2.28. The van der Waals surface area contributed by atoms with Crippen LogP contribution in [0.2, 0.25) is 0 Å². The third-order valence-corrected chi connectivity index (χ3v) is 6.29. The molecule has 1 atom stereocenters. The Labute approximate surface area is 125 Å². The lowest BCUT2D eigenvalue weighted by Crippen LogP contribution is -2.36. The van der Waals surface area contributed by atoms with E-state index in [4.69, 9.17) is 0 Å². The Bertz CT molecular complexity index is 722. The lowest BCUT2D eigenvalue weighted by atomic mass is 10.1. The Hall–Kier alpha value is -1.28. The highest BCUT2D eigenvalue weighted by Gasteiger charge is 2.24. The zero-order valence-electron chi connectivity index (χ0n) is 11.9. The van der Waals surface area contributed by atoms with Crippen molar-refractivity contribution in [3.63, 3.8) is 0 Å². The highest BCUT2D eigenvalue weighted by molar-refractivity contribution is 8.01. The van der Waals surface area contributed by atoms with Crippen molar-refractivity contribution in [2.24, 2.45) is 3.77 Å². The van der Waals surface area contributed by atoms with Gasteiger partial charge < -0.3 is 4.90 Å². The number of hydrogen-bond donors (Lipinski definition) is 0. The summed E-state index contributed by atoms with van der Waals surface area (Å²) in [5.41, 5.74) is -0.125. The van der Waals surface area contributed by atoms with Gasteiger partial charge in [0.15, 0.2) is 11.6 Å². The summed E-state index contributed by atoms with van der Waals surface area (Å²) in [4.78, 5) is 1.65. The van der Waals surface area contributed by atoms with Gasteiger partial charge in [0.1, 0.15) is 0 Å². The molecule has 0 N–H and O–H groups in total. The lowest BCUT2D eigenvalue weighted by Gasteiger charge is -2.31. The van der Waals surface area contributed by atoms with Crippen LogP contribution in [0.5, 0.6) is 0 Å². The molecule has 1 unspecified atom stereocenters. The average Bonchev–Trinajstić information content (AvgIpc) is 2.80. The van der Waals surface area contributed by atoms with Crippen molar-refractivity contribution in [1.82, 2.24) is 4.90 Å². The Kier molecular flexibility index (Phi) is 4.21. The van der Waals surface area contributed by atoms with Crippen molar-refractivity contribution in [3.8, 4) is 0 Å². The van der Waals surface area contributed by atoms with E-state index < -0.39 is 32.3 Å². The molecule has 21 heavy (non-hydrogen) atoms. The number of sulfonamides is 1. The molecule has 0 saturated carbocycles. The minimum atomic E-state index is -4.00. The molecule has 116 valence electrons.